The minimum absolute atomic E-state index is 0. The molecule has 0 spiro atoms. The number of para-hydroxylation sites is 1. The van der Waals surface area contributed by atoms with Crippen LogP contribution < -0.4 is 10.6 Å². The molecule has 5 nitrogen and oxygen atoms in total. The normalized spacial score (nSPS) is 23.5. The molecular weight excluding hydrogens is 326 g/mol. The summed E-state index contributed by atoms with van der Waals surface area (Å²) in [5, 5.41) is 0. The minimum atomic E-state index is 0. The van der Waals surface area contributed by atoms with Crippen molar-refractivity contribution in [3.05, 3.63) is 29.8 Å². The Morgan fingerprint density at radius 1 is 1.29 bits per heavy atom. The number of carbonyl (C=O) groups is 2. The number of rotatable bonds is 3. The van der Waals surface area contributed by atoms with E-state index in [0.717, 1.165) is 37.1 Å². The number of piperidine rings is 1. The van der Waals surface area contributed by atoms with Crippen molar-refractivity contribution in [1.29, 1.82) is 0 Å². The molecule has 6 heteroatoms. The van der Waals surface area contributed by atoms with Crippen LogP contribution in [0.3, 0.4) is 0 Å². The van der Waals surface area contributed by atoms with Gasteiger partial charge < -0.3 is 15.5 Å². The molecule has 1 saturated heterocycles. The maximum Gasteiger partial charge on any atom is 0.242 e. The summed E-state index contributed by atoms with van der Waals surface area (Å²) in [6, 6.07) is 7.95. The molecule has 2 amide bonds. The van der Waals surface area contributed by atoms with E-state index in [1.54, 1.807) is 4.90 Å². The van der Waals surface area contributed by atoms with Gasteiger partial charge in [0, 0.05) is 31.2 Å². The van der Waals surface area contributed by atoms with Crippen molar-refractivity contribution in [1.82, 2.24) is 4.90 Å². The van der Waals surface area contributed by atoms with E-state index in [0.29, 0.717) is 18.9 Å². The minimum Gasteiger partial charge on any atom is -0.337 e. The number of carbonyl (C=O) groups excluding carboxylic acids is 2. The second-order valence-corrected chi connectivity index (χ2v) is 6.71. The lowest BCUT2D eigenvalue weighted by Gasteiger charge is -2.39. The van der Waals surface area contributed by atoms with E-state index in [9.17, 15) is 9.59 Å². The van der Waals surface area contributed by atoms with E-state index in [-0.39, 0.29) is 36.8 Å². The zero-order chi connectivity index (χ0) is 16.4. The van der Waals surface area contributed by atoms with Crippen LogP contribution in [0.15, 0.2) is 24.3 Å². The zero-order valence-electron chi connectivity index (χ0n) is 14.1. The molecule has 1 aromatic carbocycles. The molecule has 2 aliphatic heterocycles. The molecule has 2 N–H and O–H groups in total. The molecule has 132 valence electrons. The first-order valence-corrected chi connectivity index (χ1v) is 8.48. The molecule has 24 heavy (non-hydrogen) atoms. The number of likely N-dealkylation sites (tertiary alicyclic amines) is 1. The fraction of sp³-hybridized carbons (Fsp3) is 0.556. The molecule has 1 aromatic rings. The Kier molecular flexibility index (Phi) is 6.24. The number of benzene rings is 1. The van der Waals surface area contributed by atoms with Gasteiger partial charge in [-0.05, 0) is 36.8 Å². The highest BCUT2D eigenvalue weighted by Crippen LogP contribution is 2.28. The van der Waals surface area contributed by atoms with Crippen LogP contribution in [-0.2, 0) is 16.0 Å². The topological polar surface area (TPSA) is 66.6 Å². The molecule has 1 fully saturated rings. The Bertz CT molecular complexity index is 608. The lowest BCUT2D eigenvalue weighted by atomic mass is 9.92. The third-order valence-corrected chi connectivity index (χ3v) is 5.06. The van der Waals surface area contributed by atoms with Gasteiger partial charge in [0.25, 0.3) is 0 Å². The van der Waals surface area contributed by atoms with Gasteiger partial charge in [-0.3, -0.25) is 9.59 Å². The molecule has 0 bridgehead atoms. The van der Waals surface area contributed by atoms with Gasteiger partial charge in [0.1, 0.15) is 6.54 Å². The standard InChI is InChI=1S/C18H25N3O2.ClH/c1-13-8-9-20(15(10-13)11-19)18(23)12-21-16-5-3-2-4-14(16)6-7-17(21)22;/h2-5,13,15H,6-12,19H2,1H3;1H. The lowest BCUT2D eigenvalue weighted by molar-refractivity contribution is -0.135. The van der Waals surface area contributed by atoms with Crippen molar-refractivity contribution in [3.63, 3.8) is 0 Å². The summed E-state index contributed by atoms with van der Waals surface area (Å²) in [4.78, 5) is 28.6. The van der Waals surface area contributed by atoms with E-state index < -0.39 is 0 Å². The average molecular weight is 352 g/mol. The molecule has 2 heterocycles. The number of hydrogen-bond acceptors (Lipinski definition) is 3. The Morgan fingerprint density at radius 2 is 2.04 bits per heavy atom. The largest absolute Gasteiger partial charge is 0.337 e. The third-order valence-electron chi connectivity index (χ3n) is 5.06. The van der Waals surface area contributed by atoms with Gasteiger partial charge in [0.05, 0.1) is 0 Å². The van der Waals surface area contributed by atoms with E-state index in [4.69, 9.17) is 5.73 Å². The predicted octanol–water partition coefficient (Wildman–Crippen LogP) is 1.97. The van der Waals surface area contributed by atoms with Crippen molar-refractivity contribution in [2.24, 2.45) is 11.7 Å². The van der Waals surface area contributed by atoms with Crippen LogP contribution in [0.1, 0.15) is 31.7 Å². The molecule has 0 aliphatic carbocycles. The summed E-state index contributed by atoms with van der Waals surface area (Å²) in [6.07, 6.45) is 3.19. The molecule has 0 aromatic heterocycles. The van der Waals surface area contributed by atoms with E-state index >= 15 is 0 Å². The van der Waals surface area contributed by atoms with Crippen LogP contribution in [0.4, 0.5) is 5.69 Å². The third kappa shape index (κ3) is 3.73. The predicted molar refractivity (Wildman–Crippen MR) is 97.3 cm³/mol. The maximum atomic E-state index is 12.8. The van der Waals surface area contributed by atoms with Crippen LogP contribution in [0.5, 0.6) is 0 Å². The second-order valence-electron chi connectivity index (χ2n) is 6.71. The molecule has 2 unspecified atom stereocenters. The molecule has 0 saturated carbocycles. The smallest absolute Gasteiger partial charge is 0.242 e. The highest BCUT2D eigenvalue weighted by Gasteiger charge is 2.32. The number of fused-ring (bicyclic) bond motifs is 1. The van der Waals surface area contributed by atoms with Crippen molar-refractivity contribution < 1.29 is 9.59 Å². The van der Waals surface area contributed by atoms with Crippen molar-refractivity contribution in [2.75, 3.05) is 24.5 Å². The Labute approximate surface area is 149 Å². The van der Waals surface area contributed by atoms with Gasteiger partial charge in [-0.25, -0.2) is 0 Å². The Morgan fingerprint density at radius 3 is 2.79 bits per heavy atom. The van der Waals surface area contributed by atoms with Gasteiger partial charge in [-0.2, -0.15) is 0 Å². The van der Waals surface area contributed by atoms with Crippen LogP contribution in [0.25, 0.3) is 0 Å². The fourth-order valence-electron chi connectivity index (χ4n) is 3.70. The SMILES string of the molecule is CC1CCN(C(=O)CN2C(=O)CCc3ccccc32)C(CN)C1.Cl. The van der Waals surface area contributed by atoms with Gasteiger partial charge >= 0.3 is 0 Å². The lowest BCUT2D eigenvalue weighted by Crippen LogP contribution is -2.53. The molecule has 0 radical (unpaired) electrons. The summed E-state index contributed by atoms with van der Waals surface area (Å²) in [7, 11) is 0. The van der Waals surface area contributed by atoms with Crippen molar-refractivity contribution in [2.45, 2.75) is 38.6 Å². The van der Waals surface area contributed by atoms with E-state index in [1.807, 2.05) is 29.2 Å². The molecular formula is C18H26ClN3O2. The van der Waals surface area contributed by atoms with Crippen LogP contribution in [0, 0.1) is 5.92 Å². The number of aryl methyl sites for hydroxylation is 1. The fourth-order valence-corrected chi connectivity index (χ4v) is 3.70. The molecule has 2 aliphatic rings. The number of amides is 2. The second kappa shape index (κ2) is 7.99. The number of nitrogens with two attached hydrogens (primary N) is 1. The number of anilines is 1. The van der Waals surface area contributed by atoms with Gasteiger partial charge in [-0.15, -0.1) is 12.4 Å². The summed E-state index contributed by atoms with van der Waals surface area (Å²) in [5.41, 5.74) is 7.88. The molecule has 2 atom stereocenters. The maximum absolute atomic E-state index is 12.8. The number of halogens is 1. The Hall–Kier alpha value is -1.59. The average Bonchev–Trinajstić information content (AvgIpc) is 2.57. The van der Waals surface area contributed by atoms with E-state index in [1.165, 1.54) is 0 Å². The van der Waals surface area contributed by atoms with Gasteiger partial charge in [0.15, 0.2) is 0 Å². The van der Waals surface area contributed by atoms with Gasteiger partial charge in [-0.1, -0.05) is 25.1 Å². The van der Waals surface area contributed by atoms with E-state index in [2.05, 4.69) is 6.92 Å². The number of hydrogen-bond donors (Lipinski definition) is 1. The highest BCUT2D eigenvalue weighted by atomic mass is 35.5. The van der Waals surface area contributed by atoms with Gasteiger partial charge in [0.2, 0.25) is 11.8 Å². The Balaban J connectivity index is 0.00000208. The number of nitrogens with zero attached hydrogens (tertiary/aromatic N) is 2. The summed E-state index contributed by atoms with van der Waals surface area (Å²) in [6.45, 7) is 3.56. The highest BCUT2D eigenvalue weighted by molar-refractivity contribution is 6.01. The zero-order valence-corrected chi connectivity index (χ0v) is 14.9. The first-order chi connectivity index (χ1) is 11.1. The van der Waals surface area contributed by atoms with Crippen LogP contribution in [-0.4, -0.2) is 42.4 Å². The summed E-state index contributed by atoms with van der Waals surface area (Å²) in [5.74, 6) is 0.647. The van der Waals surface area contributed by atoms with Crippen LogP contribution in [0.2, 0.25) is 0 Å². The monoisotopic (exact) mass is 351 g/mol. The molecule has 3 rings (SSSR count). The van der Waals surface area contributed by atoms with Crippen LogP contribution >= 0.6 is 12.4 Å². The van der Waals surface area contributed by atoms with Crippen molar-refractivity contribution in [3.8, 4) is 0 Å². The summed E-state index contributed by atoms with van der Waals surface area (Å²) < 4.78 is 0. The quantitative estimate of drug-likeness (QED) is 0.905. The van der Waals surface area contributed by atoms with Crippen molar-refractivity contribution >= 4 is 29.9 Å². The summed E-state index contributed by atoms with van der Waals surface area (Å²) >= 11 is 0. The first-order valence-electron chi connectivity index (χ1n) is 8.48. The first kappa shape index (κ1) is 18.7.